The van der Waals surface area contributed by atoms with Gasteiger partial charge in [0, 0.05) is 18.7 Å². The van der Waals surface area contributed by atoms with Gasteiger partial charge < -0.3 is 10.1 Å². The Hall–Kier alpha value is -2.37. The number of fused-ring (bicyclic) bond motifs is 5. The Morgan fingerprint density at radius 2 is 1.72 bits per heavy atom. The minimum atomic E-state index is -0.203. The van der Waals surface area contributed by atoms with Crippen molar-refractivity contribution in [2.45, 2.75) is 25.7 Å². The molecule has 1 N–H and O–H groups in total. The van der Waals surface area contributed by atoms with Crippen LogP contribution in [0.2, 0.25) is 0 Å². The van der Waals surface area contributed by atoms with Crippen LogP contribution in [0.15, 0.2) is 24.3 Å². The third-order valence-corrected chi connectivity index (χ3v) is 5.95. The smallest absolute Gasteiger partial charge is 0.233 e. The standard InChI is InChI=1S/C19H22N2O4/c1-25-14-6-4-13(5-7-14)20-15(22)8-9-21-18(23)16-11-2-3-12(10-11)17(16)19(21)24/h4-7,11-12,16-17H,2-3,8-10H2,1H3,(H,20,22)/t11-,12-,16+,17+/m0/s1. The van der Waals surface area contributed by atoms with Crippen LogP contribution < -0.4 is 10.1 Å². The third kappa shape index (κ3) is 2.69. The molecule has 6 heteroatoms. The van der Waals surface area contributed by atoms with Gasteiger partial charge in [-0.05, 0) is 55.4 Å². The fraction of sp³-hybridized carbons (Fsp3) is 0.526. The van der Waals surface area contributed by atoms with Gasteiger partial charge in [0.25, 0.3) is 0 Å². The van der Waals surface area contributed by atoms with Gasteiger partial charge in [-0.25, -0.2) is 0 Å². The van der Waals surface area contributed by atoms with Crippen LogP contribution in [0.3, 0.4) is 0 Å². The molecule has 4 atom stereocenters. The molecule has 1 aromatic carbocycles. The first-order chi connectivity index (χ1) is 12.1. The minimum absolute atomic E-state index is 0.0561. The number of nitrogens with one attached hydrogen (secondary N) is 1. The van der Waals surface area contributed by atoms with E-state index in [9.17, 15) is 14.4 Å². The predicted molar refractivity (Wildman–Crippen MR) is 90.8 cm³/mol. The number of imide groups is 1. The molecule has 2 aliphatic carbocycles. The molecule has 2 bridgehead atoms. The molecule has 1 heterocycles. The van der Waals surface area contributed by atoms with Crippen molar-refractivity contribution >= 4 is 23.4 Å². The zero-order valence-electron chi connectivity index (χ0n) is 14.2. The van der Waals surface area contributed by atoms with Gasteiger partial charge in [-0.3, -0.25) is 19.3 Å². The van der Waals surface area contributed by atoms with Crippen molar-refractivity contribution < 1.29 is 19.1 Å². The predicted octanol–water partition coefficient (Wildman–Crippen LogP) is 2.05. The topological polar surface area (TPSA) is 75.7 Å². The maximum absolute atomic E-state index is 12.6. The summed E-state index contributed by atoms with van der Waals surface area (Å²) in [4.78, 5) is 38.6. The number of methoxy groups -OCH3 is 1. The first-order valence-corrected chi connectivity index (χ1v) is 8.87. The van der Waals surface area contributed by atoms with Crippen LogP contribution in [0, 0.1) is 23.7 Å². The van der Waals surface area contributed by atoms with E-state index in [1.54, 1.807) is 31.4 Å². The lowest BCUT2D eigenvalue weighted by molar-refractivity contribution is -0.140. The molecule has 132 valence electrons. The molecule has 1 aliphatic heterocycles. The second-order valence-corrected chi connectivity index (χ2v) is 7.24. The highest BCUT2D eigenvalue weighted by atomic mass is 16.5. The van der Waals surface area contributed by atoms with Crippen molar-refractivity contribution in [3.63, 3.8) is 0 Å². The van der Waals surface area contributed by atoms with Crippen molar-refractivity contribution in [2.24, 2.45) is 23.7 Å². The van der Waals surface area contributed by atoms with Gasteiger partial charge in [-0.15, -0.1) is 0 Å². The number of carbonyl (C=O) groups is 3. The Morgan fingerprint density at radius 3 is 2.28 bits per heavy atom. The molecule has 3 amide bonds. The van der Waals surface area contributed by atoms with Gasteiger partial charge in [0.05, 0.1) is 18.9 Å². The van der Waals surface area contributed by atoms with E-state index in [0.29, 0.717) is 23.3 Å². The zero-order valence-corrected chi connectivity index (χ0v) is 14.2. The molecule has 4 rings (SSSR count). The maximum atomic E-state index is 12.6. The fourth-order valence-electron chi connectivity index (χ4n) is 4.80. The number of ether oxygens (including phenoxy) is 1. The first-order valence-electron chi connectivity index (χ1n) is 8.87. The maximum Gasteiger partial charge on any atom is 0.233 e. The summed E-state index contributed by atoms with van der Waals surface area (Å²) in [7, 11) is 1.58. The van der Waals surface area contributed by atoms with Gasteiger partial charge >= 0.3 is 0 Å². The lowest BCUT2D eigenvalue weighted by Gasteiger charge is -2.19. The quantitative estimate of drug-likeness (QED) is 0.831. The highest BCUT2D eigenvalue weighted by Gasteiger charge is 2.60. The number of rotatable bonds is 5. The first kappa shape index (κ1) is 16.1. The summed E-state index contributed by atoms with van der Waals surface area (Å²) in [6.45, 7) is 0.173. The van der Waals surface area contributed by atoms with Crippen LogP contribution in [0.25, 0.3) is 0 Å². The highest BCUT2D eigenvalue weighted by molar-refractivity contribution is 6.06. The van der Waals surface area contributed by atoms with Crippen molar-refractivity contribution in [2.75, 3.05) is 19.0 Å². The second-order valence-electron chi connectivity index (χ2n) is 7.24. The summed E-state index contributed by atoms with van der Waals surface area (Å²) in [6.07, 6.45) is 3.28. The largest absolute Gasteiger partial charge is 0.497 e. The van der Waals surface area contributed by atoms with Crippen LogP contribution >= 0.6 is 0 Å². The average Bonchev–Trinajstić information content (AvgIpc) is 3.29. The molecule has 0 unspecified atom stereocenters. The highest BCUT2D eigenvalue weighted by Crippen LogP contribution is 2.56. The van der Waals surface area contributed by atoms with E-state index in [2.05, 4.69) is 5.32 Å². The number of carbonyl (C=O) groups excluding carboxylic acids is 3. The number of likely N-dealkylation sites (tertiary alicyclic amines) is 1. The lowest BCUT2D eigenvalue weighted by Crippen LogP contribution is -2.35. The van der Waals surface area contributed by atoms with E-state index >= 15 is 0 Å². The fourth-order valence-corrected chi connectivity index (χ4v) is 4.80. The van der Waals surface area contributed by atoms with Crippen molar-refractivity contribution in [1.29, 1.82) is 0 Å². The summed E-state index contributed by atoms with van der Waals surface area (Å²) >= 11 is 0. The Balaban J connectivity index is 1.34. The number of amides is 3. The van der Waals surface area contributed by atoms with Gasteiger partial charge in [-0.1, -0.05) is 0 Å². The van der Waals surface area contributed by atoms with E-state index in [0.717, 1.165) is 19.3 Å². The molecule has 1 saturated heterocycles. The number of anilines is 1. The molecule has 3 fully saturated rings. The van der Waals surface area contributed by atoms with Gasteiger partial charge in [0.2, 0.25) is 17.7 Å². The third-order valence-electron chi connectivity index (χ3n) is 5.95. The normalized spacial score (nSPS) is 29.9. The minimum Gasteiger partial charge on any atom is -0.497 e. The van der Waals surface area contributed by atoms with E-state index in [1.165, 1.54) is 4.90 Å². The molecular formula is C19H22N2O4. The van der Waals surface area contributed by atoms with E-state index in [1.807, 2.05) is 0 Å². The SMILES string of the molecule is COc1ccc(NC(=O)CCN2C(=O)[C@@H]3[C@H]4CC[C@@H](C4)[C@H]3C2=O)cc1. The number of hydrogen-bond acceptors (Lipinski definition) is 4. The second kappa shape index (κ2) is 6.17. The monoisotopic (exact) mass is 342 g/mol. The summed E-state index contributed by atoms with van der Waals surface area (Å²) in [5.41, 5.74) is 0.666. The summed E-state index contributed by atoms with van der Waals surface area (Å²) in [5, 5.41) is 2.78. The Labute approximate surface area is 146 Å². The Bertz CT molecular complexity index is 687. The number of hydrogen-bond donors (Lipinski definition) is 1. The summed E-state index contributed by atoms with van der Waals surface area (Å²) in [5.74, 6) is 0.929. The molecule has 3 aliphatic rings. The molecule has 1 aromatic rings. The van der Waals surface area contributed by atoms with Gasteiger partial charge in [0.15, 0.2) is 0 Å². The van der Waals surface area contributed by atoms with E-state index < -0.39 is 0 Å². The van der Waals surface area contributed by atoms with Crippen LogP contribution in [0.4, 0.5) is 5.69 Å². The Morgan fingerprint density at radius 1 is 1.12 bits per heavy atom. The molecule has 0 aromatic heterocycles. The lowest BCUT2D eigenvalue weighted by atomic mass is 9.81. The van der Waals surface area contributed by atoms with Crippen LogP contribution in [0.1, 0.15) is 25.7 Å². The van der Waals surface area contributed by atoms with Crippen molar-refractivity contribution in [3.8, 4) is 5.75 Å². The zero-order chi connectivity index (χ0) is 17.6. The molecule has 2 saturated carbocycles. The summed E-state index contributed by atoms with van der Waals surface area (Å²) in [6, 6.07) is 7.04. The van der Waals surface area contributed by atoms with Crippen molar-refractivity contribution in [3.05, 3.63) is 24.3 Å². The molecule has 0 spiro atoms. The van der Waals surface area contributed by atoms with Crippen LogP contribution in [-0.4, -0.2) is 36.3 Å². The van der Waals surface area contributed by atoms with Crippen LogP contribution in [0.5, 0.6) is 5.75 Å². The van der Waals surface area contributed by atoms with Crippen LogP contribution in [-0.2, 0) is 14.4 Å². The van der Waals surface area contributed by atoms with Gasteiger partial charge in [-0.2, -0.15) is 0 Å². The number of nitrogens with zero attached hydrogens (tertiary/aromatic N) is 1. The average molecular weight is 342 g/mol. The van der Waals surface area contributed by atoms with Crippen molar-refractivity contribution in [1.82, 2.24) is 4.90 Å². The van der Waals surface area contributed by atoms with E-state index in [-0.39, 0.29) is 42.5 Å². The molecule has 0 radical (unpaired) electrons. The molecule has 6 nitrogen and oxygen atoms in total. The van der Waals surface area contributed by atoms with Gasteiger partial charge in [0.1, 0.15) is 5.75 Å². The summed E-state index contributed by atoms with van der Waals surface area (Å²) < 4.78 is 5.08. The Kier molecular flexibility index (Phi) is 3.98. The van der Waals surface area contributed by atoms with E-state index in [4.69, 9.17) is 4.74 Å². The molecule has 25 heavy (non-hydrogen) atoms. The number of benzene rings is 1. The molecular weight excluding hydrogens is 320 g/mol.